The Hall–Kier alpha value is -1.19. The Balaban J connectivity index is 2.06. The van der Waals surface area contributed by atoms with Crippen molar-refractivity contribution in [3.63, 3.8) is 0 Å². The predicted octanol–water partition coefficient (Wildman–Crippen LogP) is 4.50. The number of hydrogen-bond donors (Lipinski definition) is 1. The van der Waals surface area contributed by atoms with E-state index < -0.39 is 0 Å². The molecule has 0 radical (unpaired) electrons. The van der Waals surface area contributed by atoms with Crippen LogP contribution in [0.25, 0.3) is 0 Å². The molecule has 20 heavy (non-hydrogen) atoms. The fourth-order valence-electron chi connectivity index (χ4n) is 2.40. The second-order valence-electron chi connectivity index (χ2n) is 5.54. The molecule has 2 nitrogen and oxygen atoms in total. The predicted molar refractivity (Wildman–Crippen MR) is 87.1 cm³/mol. The minimum Gasteiger partial charge on any atom is -0.305 e. The maximum atomic E-state index is 4.31. The number of hydrogen-bond acceptors (Lipinski definition) is 3. The van der Waals surface area contributed by atoms with Gasteiger partial charge in [0.05, 0.1) is 5.01 Å². The highest BCUT2D eigenvalue weighted by Crippen LogP contribution is 2.23. The Morgan fingerprint density at radius 1 is 1.20 bits per heavy atom. The summed E-state index contributed by atoms with van der Waals surface area (Å²) >= 11 is 1.77. The number of nitrogens with zero attached hydrogens (tertiary/aromatic N) is 1. The summed E-state index contributed by atoms with van der Waals surface area (Å²) in [6.07, 6.45) is 3.07. The molecule has 1 N–H and O–H groups in total. The molecule has 1 heterocycles. The van der Waals surface area contributed by atoms with E-state index in [1.807, 2.05) is 6.20 Å². The SMILES string of the molecule is CCc1ccc(C(NCc2cnc(C)s2)C(C)C)cc1. The van der Waals surface area contributed by atoms with E-state index in [1.165, 1.54) is 16.0 Å². The van der Waals surface area contributed by atoms with Crippen LogP contribution >= 0.6 is 11.3 Å². The van der Waals surface area contributed by atoms with E-state index >= 15 is 0 Å². The van der Waals surface area contributed by atoms with E-state index in [4.69, 9.17) is 0 Å². The minimum atomic E-state index is 0.392. The highest BCUT2D eigenvalue weighted by atomic mass is 32.1. The van der Waals surface area contributed by atoms with Crippen LogP contribution in [0.1, 0.15) is 47.8 Å². The van der Waals surface area contributed by atoms with Gasteiger partial charge in [-0.05, 0) is 30.4 Å². The topological polar surface area (TPSA) is 24.9 Å². The third-order valence-electron chi connectivity index (χ3n) is 3.58. The van der Waals surface area contributed by atoms with Crippen LogP contribution in [0, 0.1) is 12.8 Å². The van der Waals surface area contributed by atoms with Gasteiger partial charge in [-0.2, -0.15) is 0 Å². The molecule has 0 amide bonds. The Morgan fingerprint density at radius 3 is 2.40 bits per heavy atom. The molecule has 1 atom stereocenters. The first kappa shape index (κ1) is 15.2. The zero-order valence-corrected chi connectivity index (χ0v) is 13.6. The molecule has 0 aliphatic heterocycles. The van der Waals surface area contributed by atoms with Crippen molar-refractivity contribution in [3.8, 4) is 0 Å². The molecule has 1 aromatic carbocycles. The molecular weight excluding hydrogens is 264 g/mol. The van der Waals surface area contributed by atoms with Crippen LogP contribution in [0.3, 0.4) is 0 Å². The van der Waals surface area contributed by atoms with Gasteiger partial charge in [0, 0.05) is 23.7 Å². The van der Waals surface area contributed by atoms with Crippen LogP contribution in [-0.4, -0.2) is 4.98 Å². The fourth-order valence-corrected chi connectivity index (χ4v) is 3.14. The molecule has 2 aromatic rings. The summed E-state index contributed by atoms with van der Waals surface area (Å²) in [5.74, 6) is 0.566. The number of benzene rings is 1. The Morgan fingerprint density at radius 2 is 1.90 bits per heavy atom. The summed E-state index contributed by atoms with van der Waals surface area (Å²) in [6, 6.07) is 9.39. The van der Waals surface area contributed by atoms with Crippen LogP contribution < -0.4 is 5.32 Å². The quantitative estimate of drug-likeness (QED) is 0.846. The molecular formula is C17H24N2S. The van der Waals surface area contributed by atoms with Crippen molar-refractivity contribution < 1.29 is 0 Å². The van der Waals surface area contributed by atoms with Gasteiger partial charge in [-0.3, -0.25) is 0 Å². The number of nitrogens with one attached hydrogen (secondary N) is 1. The van der Waals surface area contributed by atoms with Gasteiger partial charge in [0.15, 0.2) is 0 Å². The molecule has 0 spiro atoms. The first-order valence-electron chi connectivity index (χ1n) is 7.33. The van der Waals surface area contributed by atoms with Gasteiger partial charge < -0.3 is 5.32 Å². The first-order chi connectivity index (χ1) is 9.60. The van der Waals surface area contributed by atoms with E-state index in [0.717, 1.165) is 18.0 Å². The fraction of sp³-hybridized carbons (Fsp3) is 0.471. The van der Waals surface area contributed by atoms with Crippen LogP contribution in [0.2, 0.25) is 0 Å². The number of aryl methyl sites for hydroxylation is 2. The third-order valence-corrected chi connectivity index (χ3v) is 4.49. The molecule has 0 saturated carbocycles. The van der Waals surface area contributed by atoms with E-state index in [9.17, 15) is 0 Å². The second kappa shape index (κ2) is 7.00. The molecule has 0 aliphatic rings. The van der Waals surface area contributed by atoms with Crippen LogP contribution in [0.5, 0.6) is 0 Å². The van der Waals surface area contributed by atoms with Crippen molar-refractivity contribution in [1.29, 1.82) is 0 Å². The van der Waals surface area contributed by atoms with E-state index in [2.05, 4.69) is 62.3 Å². The van der Waals surface area contributed by atoms with Gasteiger partial charge in [0.2, 0.25) is 0 Å². The zero-order valence-electron chi connectivity index (χ0n) is 12.8. The van der Waals surface area contributed by atoms with Crippen LogP contribution in [0.4, 0.5) is 0 Å². The van der Waals surface area contributed by atoms with Gasteiger partial charge in [0.25, 0.3) is 0 Å². The van der Waals surface area contributed by atoms with Crippen LogP contribution in [0.15, 0.2) is 30.5 Å². The lowest BCUT2D eigenvalue weighted by Crippen LogP contribution is -2.25. The Bertz CT molecular complexity index is 528. The molecule has 0 bridgehead atoms. The number of rotatable bonds is 6. The molecule has 0 fully saturated rings. The van der Waals surface area contributed by atoms with Gasteiger partial charge in [-0.15, -0.1) is 11.3 Å². The lowest BCUT2D eigenvalue weighted by Gasteiger charge is -2.23. The zero-order chi connectivity index (χ0) is 14.5. The van der Waals surface area contributed by atoms with Crippen LogP contribution in [-0.2, 0) is 13.0 Å². The van der Waals surface area contributed by atoms with Crippen molar-refractivity contribution in [2.75, 3.05) is 0 Å². The summed E-state index contributed by atoms with van der Waals surface area (Å²) in [4.78, 5) is 5.62. The Labute approximate surface area is 126 Å². The molecule has 2 rings (SSSR count). The molecule has 1 aromatic heterocycles. The van der Waals surface area contributed by atoms with E-state index in [1.54, 1.807) is 11.3 Å². The van der Waals surface area contributed by atoms with Crippen molar-refractivity contribution in [2.45, 2.75) is 46.7 Å². The first-order valence-corrected chi connectivity index (χ1v) is 8.15. The van der Waals surface area contributed by atoms with Crippen molar-refractivity contribution in [3.05, 3.63) is 51.5 Å². The van der Waals surface area contributed by atoms with Crippen molar-refractivity contribution >= 4 is 11.3 Å². The average Bonchev–Trinajstić information content (AvgIpc) is 2.85. The maximum absolute atomic E-state index is 4.31. The summed E-state index contributed by atoms with van der Waals surface area (Å²) in [7, 11) is 0. The normalized spacial score (nSPS) is 12.8. The second-order valence-corrected chi connectivity index (χ2v) is 6.86. The molecule has 0 aliphatic carbocycles. The Kier molecular flexibility index (Phi) is 5.32. The lowest BCUT2D eigenvalue weighted by molar-refractivity contribution is 0.412. The third kappa shape index (κ3) is 3.90. The summed E-state index contributed by atoms with van der Waals surface area (Å²) in [5, 5.41) is 4.81. The monoisotopic (exact) mass is 288 g/mol. The number of thiazole rings is 1. The highest BCUT2D eigenvalue weighted by Gasteiger charge is 2.15. The lowest BCUT2D eigenvalue weighted by atomic mass is 9.95. The standard InChI is InChI=1S/C17H24N2S/c1-5-14-6-8-15(9-7-14)17(12(2)3)19-11-16-10-18-13(4)20-16/h6-10,12,17,19H,5,11H2,1-4H3. The smallest absolute Gasteiger partial charge is 0.0897 e. The summed E-state index contributed by atoms with van der Waals surface area (Å²) < 4.78 is 0. The molecule has 1 unspecified atom stereocenters. The number of aromatic nitrogens is 1. The summed E-state index contributed by atoms with van der Waals surface area (Å²) in [6.45, 7) is 9.67. The molecule has 3 heteroatoms. The van der Waals surface area contributed by atoms with E-state index in [-0.39, 0.29) is 0 Å². The van der Waals surface area contributed by atoms with Gasteiger partial charge >= 0.3 is 0 Å². The van der Waals surface area contributed by atoms with E-state index in [0.29, 0.717) is 12.0 Å². The van der Waals surface area contributed by atoms with Crippen molar-refractivity contribution in [1.82, 2.24) is 10.3 Å². The molecule has 108 valence electrons. The maximum Gasteiger partial charge on any atom is 0.0897 e. The molecule has 0 saturated heterocycles. The highest BCUT2D eigenvalue weighted by molar-refractivity contribution is 7.11. The minimum absolute atomic E-state index is 0.392. The van der Waals surface area contributed by atoms with Gasteiger partial charge in [-0.25, -0.2) is 4.98 Å². The average molecular weight is 288 g/mol. The van der Waals surface area contributed by atoms with Crippen molar-refractivity contribution in [2.24, 2.45) is 5.92 Å². The largest absolute Gasteiger partial charge is 0.305 e. The van der Waals surface area contributed by atoms with Gasteiger partial charge in [0.1, 0.15) is 0 Å². The van der Waals surface area contributed by atoms with Gasteiger partial charge in [-0.1, -0.05) is 45.0 Å². The summed E-state index contributed by atoms with van der Waals surface area (Å²) in [5.41, 5.74) is 2.77.